The molecule has 0 radical (unpaired) electrons. The van der Waals surface area contributed by atoms with Crippen LogP contribution in [0.5, 0.6) is 0 Å². The second-order valence-corrected chi connectivity index (χ2v) is 4.99. The molecule has 0 aromatic heterocycles. The van der Waals surface area contributed by atoms with Crippen LogP contribution in [0.1, 0.15) is 69.2 Å². The van der Waals surface area contributed by atoms with Gasteiger partial charge in [0, 0.05) is 6.04 Å². The van der Waals surface area contributed by atoms with E-state index in [1.165, 1.54) is 16.7 Å². The third-order valence-electron chi connectivity index (χ3n) is 2.89. The monoisotopic (exact) mass is 205 g/mol. The average molecular weight is 205 g/mol. The van der Waals surface area contributed by atoms with Crippen molar-refractivity contribution in [1.29, 1.82) is 0 Å². The van der Waals surface area contributed by atoms with Gasteiger partial charge in [0.15, 0.2) is 0 Å². The normalized spacial score (nSPS) is 13.6. The minimum atomic E-state index is 0.128. The zero-order valence-corrected chi connectivity index (χ0v) is 10.5. The fraction of sp³-hybridized carbons (Fsp3) is 0.571. The molecule has 2 N–H and O–H groups in total. The smallest absolute Gasteiger partial charge is 0.0268 e. The van der Waals surface area contributed by atoms with E-state index in [0.717, 1.165) is 0 Å². The fourth-order valence-electron chi connectivity index (χ4n) is 1.87. The van der Waals surface area contributed by atoms with Gasteiger partial charge in [-0.3, -0.25) is 0 Å². The van der Waals surface area contributed by atoms with E-state index in [-0.39, 0.29) is 6.04 Å². The maximum Gasteiger partial charge on any atom is 0.0268 e. The van der Waals surface area contributed by atoms with Crippen molar-refractivity contribution in [2.24, 2.45) is 5.73 Å². The van der Waals surface area contributed by atoms with E-state index in [0.29, 0.717) is 11.8 Å². The summed E-state index contributed by atoms with van der Waals surface area (Å²) in [5.74, 6) is 1.13. The van der Waals surface area contributed by atoms with Gasteiger partial charge in [0.2, 0.25) is 0 Å². The predicted molar refractivity (Wildman–Crippen MR) is 67.2 cm³/mol. The molecule has 1 nitrogen and oxygen atoms in total. The maximum atomic E-state index is 5.98. The Labute approximate surface area is 93.7 Å². The van der Waals surface area contributed by atoms with Crippen LogP contribution in [0.15, 0.2) is 18.2 Å². The Morgan fingerprint density at radius 3 is 1.87 bits per heavy atom. The Morgan fingerprint density at radius 1 is 0.867 bits per heavy atom. The van der Waals surface area contributed by atoms with E-state index in [9.17, 15) is 0 Å². The van der Waals surface area contributed by atoms with Crippen LogP contribution >= 0.6 is 0 Å². The predicted octanol–water partition coefficient (Wildman–Crippen LogP) is 3.95. The molecule has 1 aromatic rings. The van der Waals surface area contributed by atoms with Crippen LogP contribution in [0.4, 0.5) is 0 Å². The van der Waals surface area contributed by atoms with Crippen LogP contribution in [0.25, 0.3) is 0 Å². The lowest BCUT2D eigenvalue weighted by molar-refractivity contribution is 0.757. The molecule has 0 saturated heterocycles. The Balaban J connectivity index is 3.21. The second kappa shape index (κ2) is 4.80. The van der Waals surface area contributed by atoms with E-state index in [2.05, 4.69) is 52.8 Å². The standard InChI is InChI=1S/C14H23N/c1-9(2)12-6-7-13(11(5)15)14(8-12)10(3)4/h6-11H,15H2,1-5H3. The van der Waals surface area contributed by atoms with Crippen molar-refractivity contribution in [2.75, 3.05) is 0 Å². The van der Waals surface area contributed by atoms with Crippen LogP contribution in [0.3, 0.4) is 0 Å². The molecule has 0 saturated carbocycles. The number of hydrogen-bond acceptors (Lipinski definition) is 1. The highest BCUT2D eigenvalue weighted by atomic mass is 14.6. The molecule has 1 atom stereocenters. The summed E-state index contributed by atoms with van der Waals surface area (Å²) in [6.45, 7) is 11.0. The zero-order chi connectivity index (χ0) is 11.6. The first-order valence-electron chi connectivity index (χ1n) is 5.82. The fourth-order valence-corrected chi connectivity index (χ4v) is 1.87. The summed E-state index contributed by atoms with van der Waals surface area (Å²) in [5.41, 5.74) is 10.1. The molecular weight excluding hydrogens is 182 g/mol. The van der Waals surface area contributed by atoms with Crippen LogP contribution in [0, 0.1) is 0 Å². The molecule has 0 spiro atoms. The van der Waals surface area contributed by atoms with Crippen LogP contribution in [-0.2, 0) is 0 Å². The first-order chi connectivity index (χ1) is 6.93. The van der Waals surface area contributed by atoms with Gasteiger partial charge in [-0.2, -0.15) is 0 Å². The van der Waals surface area contributed by atoms with E-state index in [1.807, 2.05) is 0 Å². The van der Waals surface area contributed by atoms with Crippen LogP contribution < -0.4 is 5.73 Å². The van der Waals surface area contributed by atoms with Gasteiger partial charge in [-0.25, -0.2) is 0 Å². The number of hydrogen-bond donors (Lipinski definition) is 1. The molecule has 1 rings (SSSR count). The van der Waals surface area contributed by atoms with Gasteiger partial charge in [-0.1, -0.05) is 45.9 Å². The van der Waals surface area contributed by atoms with E-state index in [4.69, 9.17) is 5.73 Å². The molecule has 0 fully saturated rings. The lowest BCUT2D eigenvalue weighted by atomic mass is 9.89. The summed E-state index contributed by atoms with van der Waals surface area (Å²) in [5, 5.41) is 0. The van der Waals surface area contributed by atoms with E-state index in [1.54, 1.807) is 0 Å². The highest BCUT2D eigenvalue weighted by molar-refractivity contribution is 5.37. The Morgan fingerprint density at radius 2 is 1.47 bits per heavy atom. The van der Waals surface area contributed by atoms with Gasteiger partial charge in [-0.15, -0.1) is 0 Å². The molecule has 0 heterocycles. The molecule has 1 aromatic carbocycles. The molecule has 0 aliphatic rings. The lowest BCUT2D eigenvalue weighted by Gasteiger charge is -2.18. The molecule has 1 unspecified atom stereocenters. The largest absolute Gasteiger partial charge is 0.324 e. The summed E-state index contributed by atoms with van der Waals surface area (Å²) in [6.07, 6.45) is 0. The Hall–Kier alpha value is -0.820. The van der Waals surface area contributed by atoms with Crippen molar-refractivity contribution < 1.29 is 0 Å². The van der Waals surface area contributed by atoms with E-state index >= 15 is 0 Å². The van der Waals surface area contributed by atoms with Crippen LogP contribution in [-0.4, -0.2) is 0 Å². The Bertz CT molecular complexity index is 324. The van der Waals surface area contributed by atoms with Gasteiger partial charge in [-0.05, 0) is 35.4 Å². The van der Waals surface area contributed by atoms with Crippen molar-refractivity contribution in [3.63, 3.8) is 0 Å². The molecule has 0 amide bonds. The number of benzene rings is 1. The summed E-state index contributed by atoms with van der Waals surface area (Å²) in [6, 6.07) is 6.84. The van der Waals surface area contributed by atoms with Crippen LogP contribution in [0.2, 0.25) is 0 Å². The summed E-state index contributed by atoms with van der Waals surface area (Å²) >= 11 is 0. The maximum absolute atomic E-state index is 5.98. The first kappa shape index (κ1) is 12.3. The second-order valence-electron chi connectivity index (χ2n) is 4.99. The van der Waals surface area contributed by atoms with Crippen molar-refractivity contribution in [3.8, 4) is 0 Å². The van der Waals surface area contributed by atoms with Gasteiger partial charge in [0.05, 0.1) is 0 Å². The van der Waals surface area contributed by atoms with Crippen molar-refractivity contribution in [2.45, 2.75) is 52.5 Å². The molecule has 15 heavy (non-hydrogen) atoms. The molecule has 0 bridgehead atoms. The Kier molecular flexibility index (Phi) is 3.92. The number of nitrogens with two attached hydrogens (primary N) is 1. The summed E-state index contributed by atoms with van der Waals surface area (Å²) < 4.78 is 0. The number of rotatable bonds is 3. The third-order valence-corrected chi connectivity index (χ3v) is 2.89. The average Bonchev–Trinajstić information content (AvgIpc) is 2.16. The molecule has 0 aliphatic carbocycles. The quantitative estimate of drug-likeness (QED) is 0.794. The summed E-state index contributed by atoms with van der Waals surface area (Å²) in [4.78, 5) is 0. The summed E-state index contributed by atoms with van der Waals surface area (Å²) in [7, 11) is 0. The highest BCUT2D eigenvalue weighted by Gasteiger charge is 2.11. The lowest BCUT2D eigenvalue weighted by Crippen LogP contribution is -2.10. The van der Waals surface area contributed by atoms with Crippen molar-refractivity contribution >= 4 is 0 Å². The van der Waals surface area contributed by atoms with Gasteiger partial charge >= 0.3 is 0 Å². The van der Waals surface area contributed by atoms with Gasteiger partial charge < -0.3 is 5.73 Å². The highest BCUT2D eigenvalue weighted by Crippen LogP contribution is 2.27. The SMILES string of the molecule is CC(C)c1ccc(C(C)N)c(C(C)C)c1. The first-order valence-corrected chi connectivity index (χ1v) is 5.82. The third kappa shape index (κ3) is 2.82. The molecule has 0 aliphatic heterocycles. The van der Waals surface area contributed by atoms with Crippen molar-refractivity contribution in [3.05, 3.63) is 34.9 Å². The minimum absolute atomic E-state index is 0.128. The molecular formula is C14H23N. The van der Waals surface area contributed by atoms with Gasteiger partial charge in [0.1, 0.15) is 0 Å². The van der Waals surface area contributed by atoms with Crippen molar-refractivity contribution in [1.82, 2.24) is 0 Å². The van der Waals surface area contributed by atoms with Gasteiger partial charge in [0.25, 0.3) is 0 Å². The zero-order valence-electron chi connectivity index (χ0n) is 10.5. The van der Waals surface area contributed by atoms with E-state index < -0.39 is 0 Å². The molecule has 1 heteroatoms. The molecule has 84 valence electrons. The minimum Gasteiger partial charge on any atom is -0.324 e. The topological polar surface area (TPSA) is 26.0 Å².